The Balaban J connectivity index is 2.82. The first-order valence-corrected chi connectivity index (χ1v) is 7.83. The Kier molecular flexibility index (Phi) is 5.12. The minimum absolute atomic E-state index is 0.0222. The second kappa shape index (κ2) is 5.92. The average molecular weight is 328 g/mol. The monoisotopic (exact) mass is 328 g/mol. The van der Waals surface area contributed by atoms with Crippen LogP contribution in [-0.4, -0.2) is 26.0 Å². The van der Waals surface area contributed by atoms with E-state index < -0.39 is 21.1 Å². The van der Waals surface area contributed by atoms with Crippen LogP contribution in [-0.2, 0) is 10.0 Å². The molecule has 20 heavy (non-hydrogen) atoms. The van der Waals surface area contributed by atoms with Crippen molar-refractivity contribution in [1.29, 1.82) is 0 Å². The molecule has 1 aromatic rings. The molecule has 0 radical (unpaired) electrons. The lowest BCUT2D eigenvalue weighted by Gasteiger charge is -2.19. The summed E-state index contributed by atoms with van der Waals surface area (Å²) >= 11 is -0.298. The zero-order valence-electron chi connectivity index (χ0n) is 10.9. The maximum Gasteiger partial charge on any atom is 0.446 e. The van der Waals surface area contributed by atoms with Crippen molar-refractivity contribution in [3.05, 3.63) is 24.3 Å². The van der Waals surface area contributed by atoms with E-state index >= 15 is 0 Å². The predicted molar refractivity (Wildman–Crippen MR) is 71.8 cm³/mol. The Morgan fingerprint density at radius 1 is 1.20 bits per heavy atom. The van der Waals surface area contributed by atoms with E-state index in [0.717, 1.165) is 24.3 Å². The van der Waals surface area contributed by atoms with Gasteiger partial charge in [0.1, 0.15) is 0 Å². The van der Waals surface area contributed by atoms with Crippen LogP contribution in [0, 0.1) is 0 Å². The van der Waals surface area contributed by atoms with E-state index in [2.05, 4.69) is 4.72 Å². The summed E-state index contributed by atoms with van der Waals surface area (Å²) in [6, 6.07) is 4.47. The highest BCUT2D eigenvalue weighted by Crippen LogP contribution is 2.36. The molecule has 0 bridgehead atoms. The molecule has 0 saturated heterocycles. The second-order valence-corrected chi connectivity index (χ2v) is 7.74. The number of nitrogens with one attached hydrogen (secondary N) is 1. The van der Waals surface area contributed by atoms with Gasteiger partial charge in [-0.15, -0.1) is 0 Å². The topological polar surface area (TPSA) is 72.2 Å². The lowest BCUT2D eigenvalue weighted by atomic mass is 10.1. The molecule has 3 N–H and O–H groups in total. The highest BCUT2D eigenvalue weighted by molar-refractivity contribution is 8.00. The first-order valence-electron chi connectivity index (χ1n) is 5.53. The fraction of sp³-hybridized carbons (Fsp3) is 0.455. The van der Waals surface area contributed by atoms with Crippen LogP contribution in [0.1, 0.15) is 13.8 Å². The quantitative estimate of drug-likeness (QED) is 0.814. The third-order valence-corrected chi connectivity index (χ3v) is 4.24. The Hall–Kier alpha value is -0.770. The summed E-state index contributed by atoms with van der Waals surface area (Å²) in [6.45, 7) is 3.32. The number of alkyl halides is 3. The van der Waals surface area contributed by atoms with Gasteiger partial charge in [-0.25, -0.2) is 13.1 Å². The van der Waals surface area contributed by atoms with Gasteiger partial charge in [-0.1, -0.05) is 0 Å². The van der Waals surface area contributed by atoms with Gasteiger partial charge in [0.25, 0.3) is 0 Å². The van der Waals surface area contributed by atoms with E-state index in [1.165, 1.54) is 0 Å². The van der Waals surface area contributed by atoms with Gasteiger partial charge in [-0.2, -0.15) is 13.2 Å². The average Bonchev–Trinajstić information content (AvgIpc) is 2.24. The molecule has 0 unspecified atom stereocenters. The summed E-state index contributed by atoms with van der Waals surface area (Å²) in [4.78, 5) is -0.177. The summed E-state index contributed by atoms with van der Waals surface area (Å²) in [6.07, 6.45) is 0. The minimum Gasteiger partial charge on any atom is -0.324 e. The van der Waals surface area contributed by atoms with Crippen molar-refractivity contribution in [3.8, 4) is 0 Å². The molecule has 0 spiro atoms. The molecule has 0 atom stereocenters. The molecular weight excluding hydrogens is 313 g/mol. The molecule has 114 valence electrons. The van der Waals surface area contributed by atoms with Gasteiger partial charge < -0.3 is 5.73 Å². The molecule has 0 aliphatic carbocycles. The maximum absolute atomic E-state index is 12.1. The van der Waals surface area contributed by atoms with Crippen molar-refractivity contribution in [2.45, 2.75) is 34.7 Å². The molecule has 0 aliphatic rings. The van der Waals surface area contributed by atoms with Crippen molar-refractivity contribution in [3.63, 3.8) is 0 Å². The van der Waals surface area contributed by atoms with Gasteiger partial charge in [-0.05, 0) is 49.9 Å². The Morgan fingerprint density at radius 3 is 2.10 bits per heavy atom. The molecule has 4 nitrogen and oxygen atoms in total. The molecule has 0 amide bonds. The van der Waals surface area contributed by atoms with Gasteiger partial charge in [0.2, 0.25) is 10.0 Å². The van der Waals surface area contributed by atoms with E-state index in [1.54, 1.807) is 13.8 Å². The normalized spacial score (nSPS) is 13.5. The van der Waals surface area contributed by atoms with Crippen LogP contribution < -0.4 is 10.5 Å². The number of hydrogen-bond donors (Lipinski definition) is 2. The highest BCUT2D eigenvalue weighted by Gasteiger charge is 2.29. The van der Waals surface area contributed by atoms with Crippen molar-refractivity contribution < 1.29 is 21.6 Å². The molecule has 9 heteroatoms. The number of halogens is 3. The highest BCUT2D eigenvalue weighted by atomic mass is 32.2. The van der Waals surface area contributed by atoms with Crippen molar-refractivity contribution in [2.24, 2.45) is 5.73 Å². The van der Waals surface area contributed by atoms with E-state index in [9.17, 15) is 21.6 Å². The summed E-state index contributed by atoms with van der Waals surface area (Å²) < 4.78 is 62.5. The van der Waals surface area contributed by atoms with E-state index in [4.69, 9.17) is 5.73 Å². The smallest absolute Gasteiger partial charge is 0.324 e. The fourth-order valence-electron chi connectivity index (χ4n) is 1.18. The lowest BCUT2D eigenvalue weighted by molar-refractivity contribution is -0.0328. The van der Waals surface area contributed by atoms with Crippen LogP contribution in [0.5, 0.6) is 0 Å². The third-order valence-electron chi connectivity index (χ3n) is 2.09. The molecular formula is C11H15F3N2O2S2. The van der Waals surface area contributed by atoms with Crippen molar-refractivity contribution in [1.82, 2.24) is 4.72 Å². The Bertz CT molecular complexity index is 549. The summed E-state index contributed by atoms with van der Waals surface area (Å²) in [7, 11) is -3.77. The predicted octanol–water partition coefficient (Wildman–Crippen LogP) is 2.31. The van der Waals surface area contributed by atoms with Crippen LogP contribution in [0.3, 0.4) is 0 Å². The SMILES string of the molecule is CC(C)(N)CNS(=O)(=O)c1ccc(SC(F)(F)F)cc1. The number of hydrogen-bond acceptors (Lipinski definition) is 4. The van der Waals surface area contributed by atoms with Gasteiger partial charge in [0, 0.05) is 17.0 Å². The molecule has 0 heterocycles. The van der Waals surface area contributed by atoms with E-state index in [0.29, 0.717) is 0 Å². The van der Waals surface area contributed by atoms with Gasteiger partial charge in [-0.3, -0.25) is 0 Å². The first-order chi connectivity index (χ1) is 8.89. The molecule has 0 aromatic heterocycles. The zero-order valence-corrected chi connectivity index (χ0v) is 12.5. The number of nitrogens with two attached hydrogens (primary N) is 1. The minimum atomic E-state index is -4.40. The number of benzene rings is 1. The van der Waals surface area contributed by atoms with E-state index in [-0.39, 0.29) is 28.1 Å². The molecule has 0 aliphatic heterocycles. The largest absolute Gasteiger partial charge is 0.446 e. The van der Waals surface area contributed by atoms with Gasteiger partial charge in [0.15, 0.2) is 0 Å². The van der Waals surface area contributed by atoms with Crippen molar-refractivity contribution >= 4 is 21.8 Å². The maximum atomic E-state index is 12.1. The molecule has 0 saturated carbocycles. The van der Waals surface area contributed by atoms with Crippen molar-refractivity contribution in [2.75, 3.05) is 6.54 Å². The number of rotatable bonds is 5. The van der Waals surface area contributed by atoms with Crippen LogP contribution in [0.2, 0.25) is 0 Å². The number of thioether (sulfide) groups is 1. The molecule has 0 fully saturated rings. The third kappa shape index (κ3) is 6.12. The van der Waals surface area contributed by atoms with Gasteiger partial charge in [0.05, 0.1) is 4.90 Å². The second-order valence-electron chi connectivity index (χ2n) is 4.83. The Morgan fingerprint density at radius 2 is 1.70 bits per heavy atom. The van der Waals surface area contributed by atoms with Crippen LogP contribution >= 0.6 is 11.8 Å². The zero-order chi connectivity index (χ0) is 15.6. The van der Waals surface area contributed by atoms with E-state index in [1.807, 2.05) is 0 Å². The van der Waals surface area contributed by atoms with Crippen LogP contribution in [0.15, 0.2) is 34.1 Å². The van der Waals surface area contributed by atoms with Crippen LogP contribution in [0.4, 0.5) is 13.2 Å². The molecule has 1 aromatic carbocycles. The Labute approximate surface area is 120 Å². The summed E-state index contributed by atoms with van der Waals surface area (Å²) in [5.74, 6) is 0. The summed E-state index contributed by atoms with van der Waals surface area (Å²) in [5.41, 5.74) is 0.535. The fourth-order valence-corrected chi connectivity index (χ4v) is 2.95. The van der Waals surface area contributed by atoms with Gasteiger partial charge >= 0.3 is 5.51 Å². The van der Waals surface area contributed by atoms with Crippen LogP contribution in [0.25, 0.3) is 0 Å². The summed E-state index contributed by atoms with van der Waals surface area (Å²) in [5, 5.41) is 0. The number of sulfonamides is 1. The first kappa shape index (κ1) is 17.3. The lowest BCUT2D eigenvalue weighted by Crippen LogP contribution is -2.45. The molecule has 1 rings (SSSR count). The standard InChI is InChI=1S/C11H15F3N2O2S2/c1-10(2,15)7-16-20(17,18)9-5-3-8(4-6-9)19-11(12,13)14/h3-6,16H,7,15H2,1-2H3.